The van der Waals surface area contributed by atoms with Gasteiger partial charge in [0, 0.05) is 19.6 Å². The first-order valence-corrected chi connectivity index (χ1v) is 7.64. The van der Waals surface area contributed by atoms with Crippen LogP contribution in [0.2, 0.25) is 0 Å². The van der Waals surface area contributed by atoms with Crippen LogP contribution in [0.15, 0.2) is 0 Å². The molecular formula is C14H28N6O. The molecule has 0 spiro atoms. The lowest BCUT2D eigenvalue weighted by Gasteiger charge is -2.15. The summed E-state index contributed by atoms with van der Waals surface area (Å²) in [6.45, 7) is 11.7. The zero-order valence-electron chi connectivity index (χ0n) is 13.8. The molecule has 1 aromatic heterocycles. The molecule has 7 nitrogen and oxygen atoms in total. The van der Waals surface area contributed by atoms with E-state index in [1.165, 1.54) is 0 Å². The van der Waals surface area contributed by atoms with Gasteiger partial charge in [0.15, 0.2) is 0 Å². The molecule has 0 unspecified atom stereocenters. The highest BCUT2D eigenvalue weighted by molar-refractivity contribution is 5.35. The summed E-state index contributed by atoms with van der Waals surface area (Å²) in [5.74, 6) is 1.10. The average Bonchev–Trinajstić information content (AvgIpc) is 2.44. The van der Waals surface area contributed by atoms with Crippen LogP contribution in [-0.2, 0) is 0 Å². The van der Waals surface area contributed by atoms with E-state index < -0.39 is 0 Å². The van der Waals surface area contributed by atoms with Gasteiger partial charge in [0.25, 0.3) is 0 Å². The van der Waals surface area contributed by atoms with Crippen molar-refractivity contribution >= 4 is 11.9 Å². The van der Waals surface area contributed by atoms with Crippen LogP contribution in [0.1, 0.15) is 34.1 Å². The number of likely N-dealkylation sites (N-methyl/N-ethyl adjacent to an activating group) is 1. The Balaban J connectivity index is 2.70. The molecule has 120 valence electrons. The molecular weight excluding hydrogens is 268 g/mol. The summed E-state index contributed by atoms with van der Waals surface area (Å²) >= 11 is 0. The van der Waals surface area contributed by atoms with Crippen molar-refractivity contribution in [3.05, 3.63) is 0 Å². The second-order valence-electron chi connectivity index (χ2n) is 5.18. The summed E-state index contributed by atoms with van der Waals surface area (Å²) in [5, 5.41) is 6.38. The van der Waals surface area contributed by atoms with Gasteiger partial charge in [-0.05, 0) is 33.9 Å². The summed E-state index contributed by atoms with van der Waals surface area (Å²) in [5.41, 5.74) is 0. The van der Waals surface area contributed by atoms with Gasteiger partial charge in [0.2, 0.25) is 11.9 Å². The van der Waals surface area contributed by atoms with Crippen molar-refractivity contribution in [2.75, 3.05) is 43.9 Å². The summed E-state index contributed by atoms with van der Waals surface area (Å²) in [7, 11) is 2.08. The molecule has 0 saturated heterocycles. The number of rotatable bonds is 10. The Morgan fingerprint density at radius 1 is 1.05 bits per heavy atom. The molecule has 0 aliphatic rings. The van der Waals surface area contributed by atoms with Gasteiger partial charge in [0.05, 0.1) is 6.10 Å². The number of nitrogens with zero attached hydrogens (tertiary/aromatic N) is 4. The Kier molecular flexibility index (Phi) is 7.74. The van der Waals surface area contributed by atoms with Crippen LogP contribution >= 0.6 is 0 Å². The van der Waals surface area contributed by atoms with Crippen LogP contribution in [0.3, 0.4) is 0 Å². The largest absolute Gasteiger partial charge is 0.461 e. The van der Waals surface area contributed by atoms with E-state index >= 15 is 0 Å². The smallest absolute Gasteiger partial charge is 0.323 e. The first kappa shape index (κ1) is 17.4. The van der Waals surface area contributed by atoms with E-state index in [1.807, 2.05) is 13.8 Å². The van der Waals surface area contributed by atoms with E-state index in [0.29, 0.717) is 17.9 Å². The first-order valence-electron chi connectivity index (χ1n) is 7.64. The molecule has 1 heterocycles. The molecule has 0 aliphatic carbocycles. The molecule has 0 aromatic carbocycles. The number of hydrogen-bond donors (Lipinski definition) is 2. The van der Waals surface area contributed by atoms with Gasteiger partial charge in [-0.15, -0.1) is 0 Å². The minimum Gasteiger partial charge on any atom is -0.461 e. The lowest BCUT2D eigenvalue weighted by Crippen LogP contribution is -2.25. The van der Waals surface area contributed by atoms with Crippen molar-refractivity contribution in [1.29, 1.82) is 0 Å². The summed E-state index contributed by atoms with van der Waals surface area (Å²) in [4.78, 5) is 15.1. The molecule has 1 aromatic rings. The topological polar surface area (TPSA) is 75.2 Å². The van der Waals surface area contributed by atoms with Crippen molar-refractivity contribution in [3.8, 4) is 6.01 Å². The van der Waals surface area contributed by atoms with Gasteiger partial charge in [-0.3, -0.25) is 0 Å². The molecule has 0 aliphatic heterocycles. The fourth-order valence-corrected chi connectivity index (χ4v) is 1.53. The summed E-state index contributed by atoms with van der Waals surface area (Å²) in [6.07, 6.45) is 1.04. The van der Waals surface area contributed by atoms with E-state index in [4.69, 9.17) is 4.74 Å². The highest BCUT2D eigenvalue weighted by Crippen LogP contribution is 2.12. The maximum atomic E-state index is 5.57. The molecule has 0 saturated carbocycles. The highest BCUT2D eigenvalue weighted by atomic mass is 16.5. The normalized spacial score (nSPS) is 11.0. The monoisotopic (exact) mass is 296 g/mol. The third-order valence-corrected chi connectivity index (χ3v) is 2.81. The minimum atomic E-state index is 0.0329. The maximum Gasteiger partial charge on any atom is 0.323 e. The molecule has 0 bridgehead atoms. The molecule has 7 heteroatoms. The lowest BCUT2D eigenvalue weighted by molar-refractivity contribution is 0.222. The van der Waals surface area contributed by atoms with Gasteiger partial charge >= 0.3 is 6.01 Å². The molecule has 0 radical (unpaired) electrons. The Bertz CT molecular complexity index is 412. The van der Waals surface area contributed by atoms with Crippen molar-refractivity contribution < 1.29 is 4.74 Å². The van der Waals surface area contributed by atoms with Crippen LogP contribution < -0.4 is 15.4 Å². The SMILES string of the molecule is CCCNc1nc(NCCN(C)CC)nc(OC(C)C)n1. The Morgan fingerprint density at radius 3 is 2.19 bits per heavy atom. The van der Waals surface area contributed by atoms with E-state index in [9.17, 15) is 0 Å². The fraction of sp³-hybridized carbons (Fsp3) is 0.786. The van der Waals surface area contributed by atoms with Crippen LogP contribution in [0.5, 0.6) is 6.01 Å². The quantitative estimate of drug-likeness (QED) is 0.682. The second-order valence-corrected chi connectivity index (χ2v) is 5.18. The third-order valence-electron chi connectivity index (χ3n) is 2.81. The van der Waals surface area contributed by atoms with Crippen LogP contribution in [-0.4, -0.2) is 59.2 Å². The fourth-order valence-electron chi connectivity index (χ4n) is 1.53. The number of hydrogen-bond acceptors (Lipinski definition) is 7. The number of nitrogens with one attached hydrogen (secondary N) is 2. The molecule has 0 fully saturated rings. The molecule has 2 N–H and O–H groups in total. The summed E-state index contributed by atoms with van der Waals surface area (Å²) in [6, 6.07) is 0.352. The molecule has 0 amide bonds. The maximum absolute atomic E-state index is 5.57. The van der Waals surface area contributed by atoms with Crippen LogP contribution in [0.4, 0.5) is 11.9 Å². The first-order chi connectivity index (χ1) is 10.0. The van der Waals surface area contributed by atoms with Gasteiger partial charge in [0.1, 0.15) is 0 Å². The Morgan fingerprint density at radius 2 is 1.67 bits per heavy atom. The zero-order valence-corrected chi connectivity index (χ0v) is 13.8. The minimum absolute atomic E-state index is 0.0329. The molecule has 0 atom stereocenters. The third kappa shape index (κ3) is 7.08. The predicted octanol–water partition coefficient (Wildman–Crippen LogP) is 1.84. The van der Waals surface area contributed by atoms with E-state index in [-0.39, 0.29) is 6.10 Å². The van der Waals surface area contributed by atoms with Gasteiger partial charge in [-0.1, -0.05) is 13.8 Å². The van der Waals surface area contributed by atoms with E-state index in [2.05, 4.69) is 51.4 Å². The predicted molar refractivity (Wildman–Crippen MR) is 86.0 cm³/mol. The lowest BCUT2D eigenvalue weighted by atomic mass is 10.5. The molecule has 1 rings (SSSR count). The number of aromatic nitrogens is 3. The van der Waals surface area contributed by atoms with Gasteiger partial charge < -0.3 is 20.3 Å². The van der Waals surface area contributed by atoms with Crippen LogP contribution in [0.25, 0.3) is 0 Å². The second kappa shape index (κ2) is 9.33. The average molecular weight is 296 g/mol. The van der Waals surface area contributed by atoms with Gasteiger partial charge in [-0.25, -0.2) is 0 Å². The van der Waals surface area contributed by atoms with E-state index in [0.717, 1.165) is 32.6 Å². The van der Waals surface area contributed by atoms with Gasteiger partial charge in [-0.2, -0.15) is 15.0 Å². The van der Waals surface area contributed by atoms with Crippen molar-refractivity contribution in [1.82, 2.24) is 19.9 Å². The Hall–Kier alpha value is -1.63. The van der Waals surface area contributed by atoms with Crippen molar-refractivity contribution in [2.45, 2.75) is 40.2 Å². The van der Waals surface area contributed by atoms with E-state index in [1.54, 1.807) is 0 Å². The van der Waals surface area contributed by atoms with Crippen molar-refractivity contribution in [3.63, 3.8) is 0 Å². The van der Waals surface area contributed by atoms with Crippen molar-refractivity contribution in [2.24, 2.45) is 0 Å². The molecule has 21 heavy (non-hydrogen) atoms. The summed E-state index contributed by atoms with van der Waals surface area (Å²) < 4.78 is 5.57. The number of anilines is 2. The van der Waals surface area contributed by atoms with Crippen LogP contribution in [0, 0.1) is 0 Å². The standard InChI is InChI=1S/C14H28N6O/c1-6-8-15-12-17-13(16-9-10-20(5)7-2)19-14(18-12)21-11(3)4/h11H,6-10H2,1-5H3,(H2,15,16,17,18,19). The zero-order chi connectivity index (χ0) is 15.7. The Labute approximate surface area is 127 Å². The highest BCUT2D eigenvalue weighted by Gasteiger charge is 2.08. The number of ether oxygens (including phenoxy) is 1.